The molecule has 1 N–H and O–H groups in total. The topological polar surface area (TPSA) is 32.3 Å². The number of carbonyl (C=O) groups excluding carboxylic acids is 1. The maximum atomic E-state index is 12.8. The molecule has 0 spiro atoms. The van der Waals surface area contributed by atoms with E-state index in [9.17, 15) is 4.79 Å². The molecule has 4 rings (SSSR count). The summed E-state index contributed by atoms with van der Waals surface area (Å²) < 4.78 is 0. The first-order valence-electron chi connectivity index (χ1n) is 9.70. The number of fused-ring (bicyclic) bond motifs is 3. The molecule has 0 unspecified atom stereocenters. The van der Waals surface area contributed by atoms with Crippen LogP contribution in [0.3, 0.4) is 0 Å². The van der Waals surface area contributed by atoms with Gasteiger partial charge in [0.25, 0.3) is 5.91 Å². The fourth-order valence-electron chi connectivity index (χ4n) is 3.97. The maximum Gasteiger partial charge on any atom is 0.261 e. The SMILES string of the molecule is Cc1cc(C)c2c(c1)BCc1cc(C(=O)NCc3ccc(N(C)C)cc3)sc1-2. The van der Waals surface area contributed by atoms with E-state index in [0.29, 0.717) is 6.54 Å². The number of anilines is 1. The Labute approximate surface area is 171 Å². The van der Waals surface area contributed by atoms with Gasteiger partial charge < -0.3 is 10.2 Å². The Hall–Kier alpha value is -2.53. The third-order valence-electron chi connectivity index (χ3n) is 5.39. The van der Waals surface area contributed by atoms with Crippen LogP contribution in [0.2, 0.25) is 0 Å². The third kappa shape index (κ3) is 3.59. The number of aryl methyl sites for hydroxylation is 2. The molecule has 1 aliphatic rings. The highest BCUT2D eigenvalue weighted by Gasteiger charge is 2.23. The summed E-state index contributed by atoms with van der Waals surface area (Å²) in [5.41, 5.74) is 8.96. The van der Waals surface area contributed by atoms with Gasteiger partial charge in [0, 0.05) is 31.2 Å². The molecule has 28 heavy (non-hydrogen) atoms. The zero-order valence-corrected chi connectivity index (χ0v) is 17.7. The Morgan fingerprint density at radius 2 is 1.89 bits per heavy atom. The van der Waals surface area contributed by atoms with Crippen molar-refractivity contribution in [2.45, 2.75) is 26.7 Å². The summed E-state index contributed by atoms with van der Waals surface area (Å²) >= 11 is 1.63. The molecular weight excluding hydrogens is 363 g/mol. The average Bonchev–Trinajstić information content (AvgIpc) is 3.10. The second-order valence-electron chi connectivity index (χ2n) is 7.82. The van der Waals surface area contributed by atoms with Crippen LogP contribution in [-0.2, 0) is 12.9 Å². The lowest BCUT2D eigenvalue weighted by atomic mass is 9.59. The van der Waals surface area contributed by atoms with Gasteiger partial charge in [0.05, 0.1) is 4.88 Å². The molecule has 0 saturated carbocycles. The second kappa shape index (κ2) is 7.48. The van der Waals surface area contributed by atoms with Crippen molar-refractivity contribution in [3.8, 4) is 10.4 Å². The molecule has 1 amide bonds. The van der Waals surface area contributed by atoms with Crippen molar-refractivity contribution in [1.29, 1.82) is 0 Å². The van der Waals surface area contributed by atoms with Crippen molar-refractivity contribution in [3.63, 3.8) is 0 Å². The lowest BCUT2D eigenvalue weighted by Gasteiger charge is -2.18. The number of hydrogen-bond acceptors (Lipinski definition) is 3. The van der Waals surface area contributed by atoms with E-state index in [-0.39, 0.29) is 5.91 Å². The summed E-state index contributed by atoms with van der Waals surface area (Å²) in [7, 11) is 5.11. The van der Waals surface area contributed by atoms with Crippen LogP contribution in [0.15, 0.2) is 42.5 Å². The van der Waals surface area contributed by atoms with Crippen molar-refractivity contribution >= 4 is 35.7 Å². The highest BCUT2D eigenvalue weighted by molar-refractivity contribution is 7.18. The van der Waals surface area contributed by atoms with Gasteiger partial charge in [0.2, 0.25) is 0 Å². The van der Waals surface area contributed by atoms with E-state index < -0.39 is 0 Å². The summed E-state index contributed by atoms with van der Waals surface area (Å²) in [4.78, 5) is 16.9. The average molecular weight is 388 g/mol. The van der Waals surface area contributed by atoms with Crippen molar-refractivity contribution in [3.05, 3.63) is 69.6 Å². The number of benzene rings is 2. The van der Waals surface area contributed by atoms with Gasteiger partial charge in [-0.25, -0.2) is 0 Å². The summed E-state index contributed by atoms with van der Waals surface area (Å²) in [6.07, 6.45) is 1.01. The van der Waals surface area contributed by atoms with Gasteiger partial charge in [0.15, 0.2) is 7.28 Å². The minimum atomic E-state index is 0.0161. The van der Waals surface area contributed by atoms with Gasteiger partial charge in [-0.2, -0.15) is 0 Å². The predicted molar refractivity (Wildman–Crippen MR) is 122 cm³/mol. The molecule has 0 atom stereocenters. The number of carbonyl (C=O) groups is 1. The first-order valence-corrected chi connectivity index (χ1v) is 10.5. The number of rotatable bonds is 4. The van der Waals surface area contributed by atoms with Crippen LogP contribution in [0.5, 0.6) is 0 Å². The fraction of sp³-hybridized carbons (Fsp3) is 0.261. The van der Waals surface area contributed by atoms with Crippen LogP contribution in [0.1, 0.15) is 31.9 Å². The van der Waals surface area contributed by atoms with Crippen molar-refractivity contribution in [1.82, 2.24) is 5.32 Å². The Morgan fingerprint density at radius 1 is 1.14 bits per heavy atom. The molecule has 0 fully saturated rings. The lowest BCUT2D eigenvalue weighted by Crippen LogP contribution is -2.24. The molecule has 2 aromatic carbocycles. The quantitative estimate of drug-likeness (QED) is 0.693. The van der Waals surface area contributed by atoms with Crippen LogP contribution in [0, 0.1) is 13.8 Å². The number of hydrogen-bond donors (Lipinski definition) is 1. The van der Waals surface area contributed by atoms with Crippen LogP contribution in [0.25, 0.3) is 10.4 Å². The second-order valence-corrected chi connectivity index (χ2v) is 8.88. The summed E-state index contributed by atoms with van der Waals surface area (Å²) in [6, 6.07) is 14.9. The minimum absolute atomic E-state index is 0.0161. The molecule has 142 valence electrons. The van der Waals surface area contributed by atoms with Crippen LogP contribution in [-0.4, -0.2) is 27.3 Å². The van der Waals surface area contributed by atoms with Crippen molar-refractivity contribution in [2.24, 2.45) is 0 Å². The molecule has 5 heteroatoms. The standard InChI is InChI=1S/C23H25BN2OS/c1-14-9-15(2)21-19(10-14)24-12-17-11-20(28-22(17)21)23(27)25-13-16-5-7-18(8-6-16)26(3)4/h5-11,24H,12-13H2,1-4H3,(H,25,27). The molecule has 0 bridgehead atoms. The summed E-state index contributed by atoms with van der Waals surface area (Å²) in [6.45, 7) is 4.88. The van der Waals surface area contributed by atoms with Gasteiger partial charge in [-0.1, -0.05) is 35.3 Å². The van der Waals surface area contributed by atoms with Gasteiger partial charge in [-0.3, -0.25) is 4.79 Å². The zero-order chi connectivity index (χ0) is 19.8. The summed E-state index contributed by atoms with van der Waals surface area (Å²) in [5, 5.41) is 3.08. The van der Waals surface area contributed by atoms with E-state index in [1.165, 1.54) is 32.6 Å². The van der Waals surface area contributed by atoms with Crippen LogP contribution >= 0.6 is 11.3 Å². The van der Waals surface area contributed by atoms with Gasteiger partial charge in [-0.05, 0) is 60.6 Å². The minimum Gasteiger partial charge on any atom is -0.378 e. The van der Waals surface area contributed by atoms with E-state index in [1.807, 2.05) is 14.1 Å². The fourth-order valence-corrected chi connectivity index (χ4v) is 5.24. The highest BCUT2D eigenvalue weighted by Crippen LogP contribution is 2.36. The van der Waals surface area contributed by atoms with Crippen molar-refractivity contribution < 1.29 is 4.79 Å². The van der Waals surface area contributed by atoms with E-state index in [2.05, 4.69) is 66.5 Å². The first-order chi connectivity index (χ1) is 13.4. The molecular formula is C23H25BN2OS. The van der Waals surface area contributed by atoms with E-state index in [0.717, 1.165) is 29.7 Å². The molecule has 3 nitrogen and oxygen atoms in total. The predicted octanol–water partition coefficient (Wildman–Crippen LogP) is 3.60. The van der Waals surface area contributed by atoms with E-state index >= 15 is 0 Å². The van der Waals surface area contributed by atoms with E-state index in [4.69, 9.17) is 0 Å². The van der Waals surface area contributed by atoms with Gasteiger partial charge >= 0.3 is 0 Å². The molecule has 2 heterocycles. The molecule has 1 aromatic heterocycles. The van der Waals surface area contributed by atoms with Crippen LogP contribution in [0.4, 0.5) is 5.69 Å². The molecule has 0 radical (unpaired) electrons. The zero-order valence-electron chi connectivity index (χ0n) is 16.9. The number of nitrogens with one attached hydrogen (secondary N) is 1. The number of nitrogens with zero attached hydrogens (tertiary/aromatic N) is 1. The van der Waals surface area contributed by atoms with Gasteiger partial charge in [0.1, 0.15) is 0 Å². The highest BCUT2D eigenvalue weighted by atomic mass is 32.1. The first kappa shape index (κ1) is 18.8. The molecule has 0 aliphatic carbocycles. The molecule has 3 aromatic rings. The third-order valence-corrected chi connectivity index (χ3v) is 6.58. The maximum absolute atomic E-state index is 12.8. The Morgan fingerprint density at radius 3 is 2.61 bits per heavy atom. The van der Waals surface area contributed by atoms with Crippen LogP contribution < -0.4 is 15.7 Å². The van der Waals surface area contributed by atoms with E-state index in [1.54, 1.807) is 11.3 Å². The number of thiophene rings is 1. The number of amides is 1. The van der Waals surface area contributed by atoms with Crippen molar-refractivity contribution in [2.75, 3.05) is 19.0 Å². The molecule has 0 saturated heterocycles. The monoisotopic (exact) mass is 388 g/mol. The summed E-state index contributed by atoms with van der Waals surface area (Å²) in [5.74, 6) is 0.0161. The lowest BCUT2D eigenvalue weighted by molar-refractivity contribution is 0.0955. The Bertz CT molecular complexity index is 1040. The van der Waals surface area contributed by atoms with Gasteiger partial charge in [-0.15, -0.1) is 11.3 Å². The smallest absolute Gasteiger partial charge is 0.261 e. The largest absolute Gasteiger partial charge is 0.378 e. The normalized spacial score (nSPS) is 12.0. The Kier molecular flexibility index (Phi) is 5.03. The molecule has 1 aliphatic heterocycles. The Balaban J connectivity index is 1.52.